The number of amides is 3. The Labute approximate surface area is 260 Å². The van der Waals surface area contributed by atoms with E-state index in [1.807, 2.05) is 37.3 Å². The van der Waals surface area contributed by atoms with Gasteiger partial charge in [0.2, 0.25) is 17.7 Å². The minimum atomic E-state index is -1.18. The molecule has 4 aliphatic rings. The number of benzene rings is 2. The van der Waals surface area contributed by atoms with Crippen LogP contribution in [0.2, 0.25) is 0 Å². The minimum Gasteiger partial charge on any atom is -0.494 e. The van der Waals surface area contributed by atoms with Gasteiger partial charge in [0.15, 0.2) is 0 Å². The first kappa shape index (κ1) is 30.1. The van der Waals surface area contributed by atoms with Gasteiger partial charge in [-0.15, -0.1) is 0 Å². The lowest BCUT2D eigenvalue weighted by Gasteiger charge is -2.38. The van der Waals surface area contributed by atoms with E-state index in [4.69, 9.17) is 9.47 Å². The fraction of sp³-hybridized carbons (Fsp3) is 0.545. The highest BCUT2D eigenvalue weighted by Gasteiger charge is 2.77. The summed E-state index contributed by atoms with van der Waals surface area (Å²) in [7, 11) is 0. The van der Waals surface area contributed by atoms with Gasteiger partial charge in [-0.2, -0.15) is 0 Å². The Morgan fingerprint density at radius 2 is 1.81 bits per heavy atom. The van der Waals surface area contributed by atoms with Crippen molar-refractivity contribution in [3.63, 3.8) is 0 Å². The summed E-state index contributed by atoms with van der Waals surface area (Å²) >= 11 is 3.74. The van der Waals surface area contributed by atoms with Gasteiger partial charge in [0.05, 0.1) is 37.2 Å². The number of aliphatic hydroxyl groups is 1. The molecular weight excluding hydrogens is 614 g/mol. The summed E-state index contributed by atoms with van der Waals surface area (Å²) in [5.41, 5.74) is 0.353. The zero-order valence-electron chi connectivity index (χ0n) is 24.4. The molecular formula is C33H40BrN3O6. The number of aliphatic hydroxyl groups excluding tert-OH is 1. The second kappa shape index (κ2) is 12.6. The number of carbonyl (C=O) groups is 3. The van der Waals surface area contributed by atoms with Crippen LogP contribution >= 0.6 is 15.9 Å². The molecule has 1 spiro atoms. The van der Waals surface area contributed by atoms with E-state index in [0.29, 0.717) is 30.9 Å². The Morgan fingerprint density at radius 3 is 2.49 bits per heavy atom. The average molecular weight is 655 g/mol. The van der Waals surface area contributed by atoms with Crippen LogP contribution < -0.4 is 15.4 Å². The molecule has 3 saturated heterocycles. The fourth-order valence-electron chi connectivity index (χ4n) is 7.75. The molecule has 3 N–H and O–H groups in total. The van der Waals surface area contributed by atoms with Gasteiger partial charge in [0, 0.05) is 16.6 Å². The summed E-state index contributed by atoms with van der Waals surface area (Å²) in [6.45, 7) is 2.13. The molecule has 3 heterocycles. The molecule has 1 saturated carbocycles. The average Bonchev–Trinajstić information content (AvgIpc) is 3.61. The molecule has 6 rings (SSSR count). The zero-order valence-corrected chi connectivity index (χ0v) is 26.0. The summed E-state index contributed by atoms with van der Waals surface area (Å²) in [6, 6.07) is 15.2. The highest BCUT2D eigenvalue weighted by Crippen LogP contribution is 2.60. The summed E-state index contributed by atoms with van der Waals surface area (Å²) in [4.78, 5) is 44.0. The number of hydrogen-bond donors (Lipinski definition) is 3. The lowest BCUT2D eigenvalue weighted by atomic mass is 9.70. The van der Waals surface area contributed by atoms with Crippen molar-refractivity contribution in [2.24, 2.45) is 11.8 Å². The molecule has 9 nitrogen and oxygen atoms in total. The maximum Gasteiger partial charge on any atom is 0.246 e. The molecule has 0 aromatic heterocycles. The third-order valence-electron chi connectivity index (χ3n) is 9.58. The predicted molar refractivity (Wildman–Crippen MR) is 165 cm³/mol. The van der Waals surface area contributed by atoms with Gasteiger partial charge in [-0.25, -0.2) is 0 Å². The van der Waals surface area contributed by atoms with Gasteiger partial charge in [0.1, 0.15) is 17.4 Å². The Kier molecular flexibility index (Phi) is 8.80. The number of fused-ring (bicyclic) bond motifs is 1. The number of ether oxygens (including phenoxy) is 2. The number of halogens is 1. The van der Waals surface area contributed by atoms with Crippen molar-refractivity contribution in [1.29, 1.82) is 0 Å². The van der Waals surface area contributed by atoms with Crippen LogP contribution in [0.3, 0.4) is 0 Å². The summed E-state index contributed by atoms with van der Waals surface area (Å²) in [5, 5.41) is 16.9. The highest BCUT2D eigenvalue weighted by molar-refractivity contribution is 9.09. The number of rotatable bonds is 10. The normalized spacial score (nSPS) is 30.6. The van der Waals surface area contributed by atoms with Gasteiger partial charge in [-0.05, 0) is 62.4 Å². The van der Waals surface area contributed by atoms with E-state index in [0.717, 1.165) is 37.7 Å². The van der Waals surface area contributed by atoms with Crippen LogP contribution in [-0.4, -0.2) is 75.6 Å². The van der Waals surface area contributed by atoms with E-state index in [2.05, 4.69) is 26.6 Å². The van der Waals surface area contributed by atoms with Crippen molar-refractivity contribution in [2.75, 3.05) is 18.5 Å². The molecule has 2 bridgehead atoms. The van der Waals surface area contributed by atoms with E-state index >= 15 is 0 Å². The molecule has 1 aliphatic carbocycles. The van der Waals surface area contributed by atoms with Crippen LogP contribution in [0, 0.1) is 11.8 Å². The van der Waals surface area contributed by atoms with Gasteiger partial charge in [-0.3, -0.25) is 14.4 Å². The second-order valence-corrected chi connectivity index (χ2v) is 13.4. The molecule has 230 valence electrons. The maximum absolute atomic E-state index is 14.5. The third-order valence-corrected chi connectivity index (χ3v) is 10.4. The largest absolute Gasteiger partial charge is 0.494 e. The van der Waals surface area contributed by atoms with Crippen LogP contribution in [-0.2, 0) is 25.5 Å². The molecule has 43 heavy (non-hydrogen) atoms. The third kappa shape index (κ3) is 5.58. The van der Waals surface area contributed by atoms with E-state index in [9.17, 15) is 19.5 Å². The van der Waals surface area contributed by atoms with Crippen molar-refractivity contribution in [3.8, 4) is 5.75 Å². The molecule has 2 aromatic carbocycles. The van der Waals surface area contributed by atoms with Gasteiger partial charge >= 0.3 is 0 Å². The highest BCUT2D eigenvalue weighted by atomic mass is 79.9. The standard InChI is InChI=1S/C33H40BrN3O6/c1-2-42-24-15-13-22(14-16-24)35-30(39)26-27-32(41)37(23(19-38)17-20-9-5-3-6-10-20)29(33(27)18-25(34)28(26)43-33)31(40)36-21-11-7-4-8-12-21/h3,5-6,9-10,13-16,21,23,25-29,38H,2,4,7-8,11-12,17-19H2,1H3,(H,35,39)(H,36,40)/t23-,25?,26-,27+,28-,29?,33?/m1/s1. The first-order valence-corrected chi connectivity index (χ1v) is 16.4. The topological polar surface area (TPSA) is 117 Å². The number of nitrogens with zero attached hydrogens (tertiary/aromatic N) is 1. The molecule has 3 aliphatic heterocycles. The summed E-state index contributed by atoms with van der Waals surface area (Å²) < 4.78 is 12.2. The number of carbonyl (C=O) groups excluding carboxylic acids is 3. The lowest BCUT2D eigenvalue weighted by molar-refractivity contribution is -0.145. The minimum absolute atomic E-state index is 0.0347. The Balaban J connectivity index is 1.33. The second-order valence-electron chi connectivity index (χ2n) is 12.2. The number of likely N-dealkylation sites (tertiary alicyclic amines) is 1. The van der Waals surface area contributed by atoms with Crippen LogP contribution in [0.4, 0.5) is 5.69 Å². The lowest BCUT2D eigenvalue weighted by Crippen LogP contribution is -2.59. The Bertz CT molecular complexity index is 1320. The first-order valence-electron chi connectivity index (χ1n) is 15.5. The summed E-state index contributed by atoms with van der Waals surface area (Å²) in [6.07, 6.45) is 5.28. The quantitative estimate of drug-likeness (QED) is 0.336. The molecule has 3 amide bonds. The van der Waals surface area contributed by atoms with E-state index in [1.54, 1.807) is 29.2 Å². The Hall–Kier alpha value is -2.95. The molecule has 0 radical (unpaired) electrons. The van der Waals surface area contributed by atoms with E-state index < -0.39 is 35.6 Å². The Morgan fingerprint density at radius 1 is 1.09 bits per heavy atom. The molecule has 4 fully saturated rings. The monoisotopic (exact) mass is 653 g/mol. The van der Waals surface area contributed by atoms with E-state index in [1.165, 1.54) is 0 Å². The number of hydrogen-bond acceptors (Lipinski definition) is 6. The van der Waals surface area contributed by atoms with Crippen molar-refractivity contribution in [1.82, 2.24) is 10.2 Å². The van der Waals surface area contributed by atoms with Crippen LogP contribution in [0.25, 0.3) is 0 Å². The fourth-order valence-corrected chi connectivity index (χ4v) is 8.69. The molecule has 2 aromatic rings. The zero-order chi connectivity index (χ0) is 30.1. The smallest absolute Gasteiger partial charge is 0.246 e. The van der Waals surface area contributed by atoms with Crippen molar-refractivity contribution < 1.29 is 29.0 Å². The first-order chi connectivity index (χ1) is 20.9. The number of nitrogens with one attached hydrogen (secondary N) is 2. The van der Waals surface area contributed by atoms with Gasteiger partial charge in [-0.1, -0.05) is 65.5 Å². The molecule has 7 atom stereocenters. The van der Waals surface area contributed by atoms with Crippen molar-refractivity contribution in [3.05, 3.63) is 60.2 Å². The van der Waals surface area contributed by atoms with Crippen LogP contribution in [0.1, 0.15) is 51.0 Å². The van der Waals surface area contributed by atoms with Crippen LogP contribution in [0.15, 0.2) is 54.6 Å². The predicted octanol–water partition coefficient (Wildman–Crippen LogP) is 3.82. The number of anilines is 1. The van der Waals surface area contributed by atoms with Gasteiger partial charge < -0.3 is 30.1 Å². The molecule has 10 heteroatoms. The SMILES string of the molecule is CCOc1ccc(NC(=O)[C@H]2[C@@H]3OC4(CC3Br)C(C(=O)NC3CCCCC3)N([C@@H](CO)Cc3ccccc3)C(=O)[C@H]24)cc1. The van der Waals surface area contributed by atoms with E-state index in [-0.39, 0.29) is 35.2 Å². The molecule has 3 unspecified atom stereocenters. The summed E-state index contributed by atoms with van der Waals surface area (Å²) in [5.74, 6) is -1.85. The van der Waals surface area contributed by atoms with Crippen molar-refractivity contribution in [2.45, 2.75) is 86.5 Å². The number of alkyl halides is 1. The van der Waals surface area contributed by atoms with Gasteiger partial charge in [0.25, 0.3) is 0 Å². The van der Waals surface area contributed by atoms with Crippen LogP contribution in [0.5, 0.6) is 5.75 Å². The van der Waals surface area contributed by atoms with Crippen molar-refractivity contribution >= 4 is 39.3 Å². The maximum atomic E-state index is 14.5.